The lowest BCUT2D eigenvalue weighted by molar-refractivity contribution is 0.100. The van der Waals surface area contributed by atoms with Crippen LogP contribution in [0.15, 0.2) is 6.20 Å². The summed E-state index contributed by atoms with van der Waals surface area (Å²) in [4.78, 5) is 20.4. The molecule has 132 valence electrons. The van der Waals surface area contributed by atoms with Crippen LogP contribution in [0.25, 0.3) is 0 Å². The molecule has 2 saturated carbocycles. The Morgan fingerprint density at radius 2 is 1.92 bits per heavy atom. The molecule has 1 heterocycles. The highest BCUT2D eigenvalue weighted by molar-refractivity contribution is 5.97. The van der Waals surface area contributed by atoms with Crippen LogP contribution in [0.1, 0.15) is 55.3 Å². The van der Waals surface area contributed by atoms with E-state index in [4.69, 9.17) is 10.5 Å². The van der Waals surface area contributed by atoms with Crippen molar-refractivity contribution in [2.75, 3.05) is 24.4 Å². The molecule has 1 aromatic heterocycles. The van der Waals surface area contributed by atoms with Gasteiger partial charge in [0.05, 0.1) is 5.56 Å². The topological polar surface area (TPSA) is 102 Å². The Labute approximate surface area is 142 Å². The third kappa shape index (κ3) is 4.14. The van der Waals surface area contributed by atoms with E-state index < -0.39 is 5.91 Å². The fourth-order valence-corrected chi connectivity index (χ4v) is 3.38. The van der Waals surface area contributed by atoms with E-state index in [-0.39, 0.29) is 0 Å². The highest BCUT2D eigenvalue weighted by Crippen LogP contribution is 2.28. The number of ether oxygens (including phenoxy) is 1. The van der Waals surface area contributed by atoms with Crippen molar-refractivity contribution >= 4 is 17.7 Å². The second kappa shape index (κ2) is 7.79. The summed E-state index contributed by atoms with van der Waals surface area (Å²) in [7, 11) is 1.75. The zero-order chi connectivity index (χ0) is 16.9. The van der Waals surface area contributed by atoms with Crippen molar-refractivity contribution in [1.29, 1.82) is 0 Å². The van der Waals surface area contributed by atoms with Gasteiger partial charge in [0, 0.05) is 32.0 Å². The molecular weight excluding hydrogens is 306 g/mol. The number of hydrogen-bond acceptors (Lipinski definition) is 6. The first-order valence-electron chi connectivity index (χ1n) is 8.84. The lowest BCUT2D eigenvalue weighted by Crippen LogP contribution is -2.31. The molecule has 1 aromatic rings. The van der Waals surface area contributed by atoms with Gasteiger partial charge in [0.2, 0.25) is 5.95 Å². The summed E-state index contributed by atoms with van der Waals surface area (Å²) in [6.07, 6.45) is 9.39. The van der Waals surface area contributed by atoms with Crippen molar-refractivity contribution in [3.05, 3.63) is 11.8 Å². The smallest absolute Gasteiger partial charge is 0.254 e. The summed E-state index contributed by atoms with van der Waals surface area (Å²) in [5.41, 5.74) is 5.83. The zero-order valence-electron chi connectivity index (χ0n) is 14.3. The van der Waals surface area contributed by atoms with Gasteiger partial charge in [0.25, 0.3) is 5.91 Å². The standard InChI is InChI=1S/C17H27N5O2/c1-24-10-11-5-7-13(8-6-11)20-16-14(15(18)23)9-19-17(22-16)21-12-3-2-4-12/h9,11-13H,2-8,10H2,1H3,(H2,18,23)(H2,19,20,21,22)/t11-,13+. The molecule has 0 atom stereocenters. The molecule has 0 aliphatic heterocycles. The SMILES string of the molecule is COC[C@H]1CC[C@@H](Nc2nc(NC3CCC3)ncc2C(N)=O)CC1. The van der Waals surface area contributed by atoms with Crippen LogP contribution in [0.4, 0.5) is 11.8 Å². The van der Waals surface area contributed by atoms with Crippen molar-refractivity contribution < 1.29 is 9.53 Å². The Bertz CT molecular complexity index is 568. The summed E-state index contributed by atoms with van der Waals surface area (Å²) in [6.45, 7) is 0.822. The first kappa shape index (κ1) is 17.0. The van der Waals surface area contributed by atoms with Crippen LogP contribution in [0, 0.1) is 5.92 Å². The summed E-state index contributed by atoms with van der Waals surface area (Å²) < 4.78 is 5.24. The van der Waals surface area contributed by atoms with Gasteiger partial charge in [-0.1, -0.05) is 0 Å². The summed E-state index contributed by atoms with van der Waals surface area (Å²) in [6, 6.07) is 0.754. The van der Waals surface area contributed by atoms with Gasteiger partial charge < -0.3 is 21.1 Å². The third-order valence-electron chi connectivity index (χ3n) is 5.08. The molecule has 0 unspecified atom stereocenters. The average Bonchev–Trinajstić information content (AvgIpc) is 2.53. The number of rotatable bonds is 7. The second-order valence-electron chi connectivity index (χ2n) is 6.91. The van der Waals surface area contributed by atoms with E-state index >= 15 is 0 Å². The minimum Gasteiger partial charge on any atom is -0.384 e. The summed E-state index contributed by atoms with van der Waals surface area (Å²) >= 11 is 0. The molecule has 0 spiro atoms. The number of aromatic nitrogens is 2. The first-order chi connectivity index (χ1) is 11.7. The van der Waals surface area contributed by atoms with Gasteiger partial charge in [0.15, 0.2) is 0 Å². The van der Waals surface area contributed by atoms with Crippen LogP contribution in [0.5, 0.6) is 0 Å². The van der Waals surface area contributed by atoms with Crippen molar-refractivity contribution in [3.8, 4) is 0 Å². The zero-order valence-corrected chi connectivity index (χ0v) is 14.3. The number of nitrogens with one attached hydrogen (secondary N) is 2. The minimum absolute atomic E-state index is 0.308. The molecule has 7 heteroatoms. The predicted octanol–water partition coefficient (Wildman–Crippen LogP) is 2.16. The monoisotopic (exact) mass is 333 g/mol. The molecule has 2 aliphatic rings. The molecule has 0 aromatic carbocycles. The lowest BCUT2D eigenvalue weighted by Gasteiger charge is -2.30. The number of methoxy groups -OCH3 is 1. The number of nitrogens with two attached hydrogens (primary N) is 1. The van der Waals surface area contributed by atoms with Crippen molar-refractivity contribution in [2.45, 2.75) is 57.0 Å². The summed E-state index contributed by atoms with van der Waals surface area (Å²) in [5, 5.41) is 6.73. The van der Waals surface area contributed by atoms with Gasteiger partial charge in [0.1, 0.15) is 5.82 Å². The molecule has 2 fully saturated rings. The molecule has 7 nitrogen and oxygen atoms in total. The molecule has 2 aliphatic carbocycles. The second-order valence-corrected chi connectivity index (χ2v) is 6.91. The van der Waals surface area contributed by atoms with E-state index in [1.807, 2.05) is 0 Å². The minimum atomic E-state index is -0.499. The van der Waals surface area contributed by atoms with Gasteiger partial charge >= 0.3 is 0 Å². The maximum absolute atomic E-state index is 11.7. The fraction of sp³-hybridized carbons (Fsp3) is 0.706. The predicted molar refractivity (Wildman–Crippen MR) is 93.1 cm³/mol. The summed E-state index contributed by atoms with van der Waals surface area (Å²) in [5.74, 6) is 1.25. The lowest BCUT2D eigenvalue weighted by atomic mass is 9.86. The van der Waals surface area contributed by atoms with Gasteiger partial charge in [-0.2, -0.15) is 4.98 Å². The van der Waals surface area contributed by atoms with E-state index in [2.05, 4.69) is 20.6 Å². The van der Waals surface area contributed by atoms with E-state index in [1.165, 1.54) is 12.6 Å². The fourth-order valence-electron chi connectivity index (χ4n) is 3.38. The van der Waals surface area contributed by atoms with Crippen molar-refractivity contribution in [1.82, 2.24) is 9.97 Å². The maximum atomic E-state index is 11.7. The number of hydrogen-bond donors (Lipinski definition) is 3. The van der Waals surface area contributed by atoms with Gasteiger partial charge in [-0.25, -0.2) is 4.98 Å². The number of primary amides is 1. The van der Waals surface area contributed by atoms with E-state index in [0.717, 1.165) is 45.1 Å². The highest BCUT2D eigenvalue weighted by Gasteiger charge is 2.24. The van der Waals surface area contributed by atoms with Gasteiger partial charge in [-0.05, 0) is 50.9 Å². The third-order valence-corrected chi connectivity index (χ3v) is 5.08. The Balaban J connectivity index is 1.65. The maximum Gasteiger partial charge on any atom is 0.254 e. The number of carbonyl (C=O) groups excluding carboxylic acids is 1. The molecule has 0 saturated heterocycles. The van der Waals surface area contributed by atoms with Crippen LogP contribution in [-0.4, -0.2) is 41.7 Å². The quantitative estimate of drug-likeness (QED) is 0.707. The molecule has 3 rings (SSSR count). The van der Waals surface area contributed by atoms with Crippen LogP contribution >= 0.6 is 0 Å². The molecule has 1 amide bonds. The normalized spacial score (nSPS) is 24.2. The molecule has 4 N–H and O–H groups in total. The van der Waals surface area contributed by atoms with E-state index in [1.54, 1.807) is 7.11 Å². The molecule has 0 bridgehead atoms. The Kier molecular flexibility index (Phi) is 5.50. The van der Waals surface area contributed by atoms with Gasteiger partial charge in [-0.15, -0.1) is 0 Å². The van der Waals surface area contributed by atoms with Crippen molar-refractivity contribution in [3.63, 3.8) is 0 Å². The molecule has 0 radical (unpaired) electrons. The Hall–Kier alpha value is -1.89. The van der Waals surface area contributed by atoms with Crippen LogP contribution in [0.2, 0.25) is 0 Å². The van der Waals surface area contributed by atoms with Gasteiger partial charge in [-0.3, -0.25) is 4.79 Å². The number of amides is 1. The highest BCUT2D eigenvalue weighted by atomic mass is 16.5. The Morgan fingerprint density at radius 3 is 2.50 bits per heavy atom. The number of carbonyl (C=O) groups is 1. The first-order valence-corrected chi connectivity index (χ1v) is 8.84. The van der Waals surface area contributed by atoms with E-state index in [9.17, 15) is 4.79 Å². The number of anilines is 2. The van der Waals surface area contributed by atoms with E-state index in [0.29, 0.717) is 35.3 Å². The van der Waals surface area contributed by atoms with Crippen LogP contribution < -0.4 is 16.4 Å². The van der Waals surface area contributed by atoms with Crippen LogP contribution in [-0.2, 0) is 4.74 Å². The number of nitrogens with zero attached hydrogens (tertiary/aromatic N) is 2. The molecular formula is C17H27N5O2. The Morgan fingerprint density at radius 1 is 1.21 bits per heavy atom. The molecule has 24 heavy (non-hydrogen) atoms. The average molecular weight is 333 g/mol. The van der Waals surface area contributed by atoms with Crippen molar-refractivity contribution in [2.24, 2.45) is 11.7 Å². The van der Waals surface area contributed by atoms with Crippen LogP contribution in [0.3, 0.4) is 0 Å². The largest absolute Gasteiger partial charge is 0.384 e.